The molecule has 0 aliphatic heterocycles. The van der Waals surface area contributed by atoms with Gasteiger partial charge >= 0.3 is 6.61 Å². The third-order valence-electron chi connectivity index (χ3n) is 2.17. The highest BCUT2D eigenvalue weighted by atomic mass is 19.3. The molecule has 3 nitrogen and oxygen atoms in total. The van der Waals surface area contributed by atoms with Gasteiger partial charge in [-0.15, -0.1) is 13.1 Å². The van der Waals surface area contributed by atoms with Crippen LogP contribution in [0.15, 0.2) is 18.2 Å². The largest absolute Gasteiger partial charge is 0.658 e. The molecule has 0 aliphatic rings. The Labute approximate surface area is 105 Å². The van der Waals surface area contributed by atoms with Crippen LogP contribution < -0.4 is 4.74 Å². The molecule has 0 saturated heterocycles. The van der Waals surface area contributed by atoms with Crippen LogP contribution in [0.3, 0.4) is 0 Å². The molecule has 18 heavy (non-hydrogen) atoms. The lowest BCUT2D eigenvalue weighted by Gasteiger charge is -2.21. The van der Waals surface area contributed by atoms with Crippen LogP contribution in [0.2, 0.25) is 0 Å². The van der Waals surface area contributed by atoms with Gasteiger partial charge in [-0.05, 0) is 12.1 Å². The van der Waals surface area contributed by atoms with Crippen molar-refractivity contribution < 1.29 is 13.5 Å². The van der Waals surface area contributed by atoms with E-state index in [0.29, 0.717) is 12.5 Å². The number of nitriles is 1. The fourth-order valence-corrected chi connectivity index (χ4v) is 1.41. The first-order valence-electron chi connectivity index (χ1n) is 5.64. The maximum atomic E-state index is 12.1. The zero-order chi connectivity index (χ0) is 13.5. The normalized spacial score (nSPS) is 10.7. The van der Waals surface area contributed by atoms with Gasteiger partial charge in [0.05, 0.1) is 5.56 Å². The van der Waals surface area contributed by atoms with E-state index in [1.165, 1.54) is 12.1 Å². The summed E-state index contributed by atoms with van der Waals surface area (Å²) in [5, 5.41) is 13.2. The second-order valence-electron chi connectivity index (χ2n) is 4.28. The molecule has 0 atom stereocenters. The molecule has 0 aromatic heterocycles. The highest BCUT2D eigenvalue weighted by molar-refractivity contribution is 5.45. The SMILES string of the molecule is CC(C)C[N-]Cc1ccc(OC(F)F)c(C#N)c1. The van der Waals surface area contributed by atoms with Crippen molar-refractivity contribution in [2.75, 3.05) is 6.54 Å². The topological polar surface area (TPSA) is 47.1 Å². The lowest BCUT2D eigenvalue weighted by Crippen LogP contribution is -2.04. The van der Waals surface area contributed by atoms with Gasteiger partial charge in [0.2, 0.25) is 0 Å². The van der Waals surface area contributed by atoms with Crippen molar-refractivity contribution in [3.8, 4) is 11.8 Å². The van der Waals surface area contributed by atoms with Crippen LogP contribution in [0.25, 0.3) is 5.32 Å². The van der Waals surface area contributed by atoms with E-state index in [1.807, 2.05) is 6.07 Å². The van der Waals surface area contributed by atoms with E-state index in [4.69, 9.17) is 5.26 Å². The van der Waals surface area contributed by atoms with Crippen LogP contribution in [-0.4, -0.2) is 13.2 Å². The molecule has 0 saturated carbocycles. The molecule has 0 spiro atoms. The molecular weight excluding hydrogens is 238 g/mol. The van der Waals surface area contributed by atoms with Gasteiger partial charge in [0, 0.05) is 0 Å². The van der Waals surface area contributed by atoms with Gasteiger partial charge in [-0.1, -0.05) is 31.4 Å². The molecule has 1 aromatic rings. The highest BCUT2D eigenvalue weighted by Crippen LogP contribution is 2.22. The molecule has 0 aliphatic carbocycles. The Balaban J connectivity index is 2.70. The summed E-state index contributed by atoms with van der Waals surface area (Å²) < 4.78 is 28.4. The summed E-state index contributed by atoms with van der Waals surface area (Å²) in [5.41, 5.74) is 0.918. The molecule has 1 rings (SSSR count). The third-order valence-corrected chi connectivity index (χ3v) is 2.17. The lowest BCUT2D eigenvalue weighted by atomic mass is 10.1. The van der Waals surface area contributed by atoms with Crippen LogP contribution in [0, 0.1) is 17.2 Å². The van der Waals surface area contributed by atoms with Gasteiger partial charge in [0.1, 0.15) is 11.8 Å². The summed E-state index contributed by atoms with van der Waals surface area (Å²) in [6, 6.07) is 6.39. The van der Waals surface area contributed by atoms with Crippen LogP contribution in [0.4, 0.5) is 8.78 Å². The number of hydrogen-bond acceptors (Lipinski definition) is 2. The monoisotopic (exact) mass is 253 g/mol. The quantitative estimate of drug-likeness (QED) is 0.776. The Kier molecular flexibility index (Phi) is 5.53. The first kappa shape index (κ1) is 14.4. The van der Waals surface area contributed by atoms with Crippen LogP contribution in [0.5, 0.6) is 5.75 Å². The average molecular weight is 253 g/mol. The van der Waals surface area contributed by atoms with Gasteiger partial charge < -0.3 is 10.1 Å². The number of nitrogens with zero attached hydrogens (tertiary/aromatic N) is 2. The second-order valence-corrected chi connectivity index (χ2v) is 4.28. The average Bonchev–Trinajstić information content (AvgIpc) is 2.29. The van der Waals surface area contributed by atoms with Crippen molar-refractivity contribution in [2.24, 2.45) is 5.92 Å². The minimum Gasteiger partial charge on any atom is -0.658 e. The lowest BCUT2D eigenvalue weighted by molar-refractivity contribution is -0.0500. The molecule has 0 heterocycles. The van der Waals surface area contributed by atoms with Crippen LogP contribution in [0.1, 0.15) is 25.0 Å². The van der Waals surface area contributed by atoms with Crippen LogP contribution >= 0.6 is 0 Å². The summed E-state index contributed by atoms with van der Waals surface area (Å²) in [5.74, 6) is 0.377. The minimum absolute atomic E-state index is 0.0971. The van der Waals surface area contributed by atoms with Gasteiger partial charge in [0.15, 0.2) is 0 Å². The molecule has 0 unspecified atom stereocenters. The highest BCUT2D eigenvalue weighted by Gasteiger charge is 2.09. The Morgan fingerprint density at radius 2 is 2.11 bits per heavy atom. The van der Waals surface area contributed by atoms with Gasteiger partial charge in [0.25, 0.3) is 0 Å². The van der Waals surface area contributed by atoms with Gasteiger partial charge in [-0.25, -0.2) is 0 Å². The zero-order valence-electron chi connectivity index (χ0n) is 10.4. The number of benzene rings is 1. The second kappa shape index (κ2) is 6.92. The van der Waals surface area contributed by atoms with Gasteiger partial charge in [-0.3, -0.25) is 0 Å². The zero-order valence-corrected chi connectivity index (χ0v) is 10.4. The summed E-state index contributed by atoms with van der Waals surface area (Å²) in [6.45, 7) is 2.40. The van der Waals surface area contributed by atoms with Crippen molar-refractivity contribution in [1.82, 2.24) is 0 Å². The maximum absolute atomic E-state index is 12.1. The van der Waals surface area contributed by atoms with Crippen molar-refractivity contribution in [3.63, 3.8) is 0 Å². The smallest absolute Gasteiger partial charge is 0.387 e. The number of halogens is 2. The predicted molar refractivity (Wildman–Crippen MR) is 64.6 cm³/mol. The van der Waals surface area contributed by atoms with Crippen molar-refractivity contribution in [3.05, 3.63) is 34.6 Å². The number of ether oxygens (including phenoxy) is 1. The molecule has 0 radical (unpaired) electrons. The maximum Gasteiger partial charge on any atom is 0.387 e. The standard InChI is InChI=1S/C13H15F2N2O/c1-9(2)7-17-8-10-3-4-12(18-13(14)15)11(5-10)6-16/h3-5,9,13H,7-8H2,1-2H3/q-1. The Bertz CT molecular complexity index is 427. The Morgan fingerprint density at radius 1 is 1.39 bits per heavy atom. The predicted octanol–water partition coefficient (Wildman–Crippen LogP) is 3.69. The first-order valence-corrected chi connectivity index (χ1v) is 5.64. The minimum atomic E-state index is -2.92. The Hall–Kier alpha value is -1.67. The van der Waals surface area contributed by atoms with Crippen molar-refractivity contribution in [2.45, 2.75) is 27.0 Å². The summed E-state index contributed by atoms with van der Waals surface area (Å²) >= 11 is 0. The van der Waals surface area contributed by atoms with Crippen LogP contribution in [-0.2, 0) is 6.54 Å². The summed E-state index contributed by atoms with van der Waals surface area (Å²) in [6.07, 6.45) is 0. The molecule has 0 fully saturated rings. The summed E-state index contributed by atoms with van der Waals surface area (Å²) in [4.78, 5) is 0. The van der Waals surface area contributed by atoms with E-state index < -0.39 is 6.61 Å². The van der Waals surface area contributed by atoms with E-state index in [9.17, 15) is 8.78 Å². The van der Waals surface area contributed by atoms with Crippen molar-refractivity contribution in [1.29, 1.82) is 5.26 Å². The summed E-state index contributed by atoms with van der Waals surface area (Å²) in [7, 11) is 0. The van der Waals surface area contributed by atoms with E-state index >= 15 is 0 Å². The molecule has 1 aromatic carbocycles. The molecule has 0 bridgehead atoms. The van der Waals surface area contributed by atoms with Gasteiger partial charge in [-0.2, -0.15) is 14.0 Å². The molecular formula is C13H15F2N2O-. The third kappa shape index (κ3) is 4.68. The number of hydrogen-bond donors (Lipinski definition) is 0. The fraction of sp³-hybridized carbons (Fsp3) is 0.462. The van der Waals surface area contributed by atoms with E-state index in [-0.39, 0.29) is 11.3 Å². The molecule has 5 heteroatoms. The molecule has 98 valence electrons. The van der Waals surface area contributed by atoms with E-state index in [0.717, 1.165) is 12.1 Å². The Morgan fingerprint density at radius 3 is 2.67 bits per heavy atom. The number of alkyl halides is 2. The van der Waals surface area contributed by atoms with E-state index in [1.54, 1.807) is 6.07 Å². The number of rotatable bonds is 6. The first-order chi connectivity index (χ1) is 8.52. The van der Waals surface area contributed by atoms with Crippen molar-refractivity contribution >= 4 is 0 Å². The fourth-order valence-electron chi connectivity index (χ4n) is 1.41. The molecule has 0 N–H and O–H groups in total. The molecule has 0 amide bonds. The van der Waals surface area contributed by atoms with E-state index in [2.05, 4.69) is 23.9 Å².